The standard InChI is InChI=1S/C16H19F2N3O2/c1-19-16(21-11-13-6-4-10-22-13)20-9-8-12-5-2-3-7-14(12)23-15(17)18/h2-7,10,15H,8-9,11H2,1H3,(H2,19,20,21). The SMILES string of the molecule is CN=C(NCCc1ccccc1OC(F)F)NCc1ccco1. The van der Waals surface area contributed by atoms with Gasteiger partial charge in [0.15, 0.2) is 5.96 Å². The van der Waals surface area contributed by atoms with Crippen molar-refractivity contribution in [3.63, 3.8) is 0 Å². The third-order valence-electron chi connectivity index (χ3n) is 3.11. The van der Waals surface area contributed by atoms with E-state index in [4.69, 9.17) is 4.42 Å². The number of rotatable bonds is 7. The molecule has 0 unspecified atom stereocenters. The lowest BCUT2D eigenvalue weighted by Crippen LogP contribution is -2.37. The van der Waals surface area contributed by atoms with Gasteiger partial charge < -0.3 is 19.8 Å². The molecule has 1 heterocycles. The van der Waals surface area contributed by atoms with E-state index in [0.717, 1.165) is 5.76 Å². The number of nitrogens with zero attached hydrogens (tertiary/aromatic N) is 1. The molecular formula is C16H19F2N3O2. The summed E-state index contributed by atoms with van der Waals surface area (Å²) in [6.07, 6.45) is 2.14. The Morgan fingerprint density at radius 3 is 2.74 bits per heavy atom. The highest BCUT2D eigenvalue weighted by Crippen LogP contribution is 2.20. The molecule has 5 nitrogen and oxygen atoms in total. The second-order valence-corrected chi connectivity index (χ2v) is 4.67. The molecule has 124 valence electrons. The molecule has 2 aromatic rings. The molecule has 23 heavy (non-hydrogen) atoms. The highest BCUT2D eigenvalue weighted by atomic mass is 19.3. The van der Waals surface area contributed by atoms with Crippen molar-refractivity contribution in [1.29, 1.82) is 0 Å². The highest BCUT2D eigenvalue weighted by molar-refractivity contribution is 5.79. The van der Waals surface area contributed by atoms with E-state index in [9.17, 15) is 8.78 Å². The van der Waals surface area contributed by atoms with Crippen LogP contribution in [0.2, 0.25) is 0 Å². The minimum atomic E-state index is -2.83. The second-order valence-electron chi connectivity index (χ2n) is 4.67. The predicted molar refractivity (Wildman–Crippen MR) is 83.7 cm³/mol. The number of hydrogen-bond donors (Lipinski definition) is 2. The predicted octanol–water partition coefficient (Wildman–Crippen LogP) is 2.79. The highest BCUT2D eigenvalue weighted by Gasteiger charge is 2.09. The molecule has 0 atom stereocenters. The van der Waals surface area contributed by atoms with Gasteiger partial charge in [-0.25, -0.2) is 0 Å². The summed E-state index contributed by atoms with van der Waals surface area (Å²) in [5.41, 5.74) is 0.710. The molecule has 0 aliphatic rings. The van der Waals surface area contributed by atoms with Gasteiger partial charge in [-0.1, -0.05) is 18.2 Å². The number of nitrogens with one attached hydrogen (secondary N) is 2. The van der Waals surface area contributed by atoms with E-state index in [-0.39, 0.29) is 5.75 Å². The molecule has 2 rings (SSSR count). The van der Waals surface area contributed by atoms with Crippen LogP contribution in [0.3, 0.4) is 0 Å². The van der Waals surface area contributed by atoms with Crippen LogP contribution in [0.25, 0.3) is 0 Å². The smallest absolute Gasteiger partial charge is 0.387 e. The summed E-state index contributed by atoms with van der Waals surface area (Å²) < 4.78 is 34.5. The Bertz CT molecular complexity index is 616. The first kappa shape index (κ1) is 16.8. The van der Waals surface area contributed by atoms with Gasteiger partial charge in [-0.3, -0.25) is 4.99 Å². The van der Waals surface area contributed by atoms with E-state index in [0.29, 0.717) is 31.0 Å². The van der Waals surface area contributed by atoms with Gasteiger partial charge >= 0.3 is 6.61 Å². The number of hydrogen-bond acceptors (Lipinski definition) is 3. The third-order valence-corrected chi connectivity index (χ3v) is 3.11. The fourth-order valence-electron chi connectivity index (χ4n) is 2.04. The fraction of sp³-hybridized carbons (Fsp3) is 0.312. The molecule has 0 spiro atoms. The number of guanidine groups is 1. The number of furan rings is 1. The van der Waals surface area contributed by atoms with Crippen LogP contribution >= 0.6 is 0 Å². The third kappa shape index (κ3) is 5.61. The molecule has 0 amide bonds. The van der Waals surface area contributed by atoms with Crippen LogP contribution in [0.5, 0.6) is 5.75 Å². The number of alkyl halides is 2. The van der Waals surface area contributed by atoms with Gasteiger partial charge in [0.05, 0.1) is 12.8 Å². The van der Waals surface area contributed by atoms with Gasteiger partial charge in [0.25, 0.3) is 0 Å². The first-order valence-corrected chi connectivity index (χ1v) is 7.18. The van der Waals surface area contributed by atoms with Crippen LogP contribution < -0.4 is 15.4 Å². The van der Waals surface area contributed by atoms with Crippen molar-refractivity contribution in [3.8, 4) is 5.75 Å². The molecule has 0 radical (unpaired) electrons. The molecule has 1 aromatic carbocycles. The Balaban J connectivity index is 1.81. The molecule has 0 aliphatic carbocycles. The van der Waals surface area contributed by atoms with E-state index >= 15 is 0 Å². The minimum absolute atomic E-state index is 0.197. The summed E-state index contributed by atoms with van der Waals surface area (Å²) >= 11 is 0. The topological polar surface area (TPSA) is 58.8 Å². The molecular weight excluding hydrogens is 304 g/mol. The Morgan fingerprint density at radius 1 is 1.22 bits per heavy atom. The molecule has 0 aliphatic heterocycles. The lowest BCUT2D eigenvalue weighted by atomic mass is 10.1. The number of aliphatic imine (C=N–C) groups is 1. The van der Waals surface area contributed by atoms with E-state index in [2.05, 4.69) is 20.4 Å². The lowest BCUT2D eigenvalue weighted by Gasteiger charge is -2.13. The molecule has 7 heteroatoms. The zero-order valence-corrected chi connectivity index (χ0v) is 12.8. The Labute approximate surface area is 133 Å². The Morgan fingerprint density at radius 2 is 2.04 bits per heavy atom. The van der Waals surface area contributed by atoms with Crippen molar-refractivity contribution in [3.05, 3.63) is 54.0 Å². The molecule has 0 saturated carbocycles. The maximum Gasteiger partial charge on any atom is 0.387 e. The van der Waals surface area contributed by atoms with E-state index < -0.39 is 6.61 Å². The average molecular weight is 323 g/mol. The largest absolute Gasteiger partial charge is 0.467 e. The monoisotopic (exact) mass is 323 g/mol. The van der Waals surface area contributed by atoms with Gasteiger partial charge in [-0.05, 0) is 30.2 Å². The van der Waals surface area contributed by atoms with Crippen LogP contribution in [0, 0.1) is 0 Å². The molecule has 0 saturated heterocycles. The van der Waals surface area contributed by atoms with E-state index in [1.807, 2.05) is 12.1 Å². The van der Waals surface area contributed by atoms with Crippen LogP contribution in [-0.4, -0.2) is 26.2 Å². The number of benzene rings is 1. The zero-order valence-electron chi connectivity index (χ0n) is 12.8. The van der Waals surface area contributed by atoms with Crippen LogP contribution in [0.4, 0.5) is 8.78 Å². The fourth-order valence-corrected chi connectivity index (χ4v) is 2.04. The minimum Gasteiger partial charge on any atom is -0.467 e. The zero-order chi connectivity index (χ0) is 16.5. The van der Waals surface area contributed by atoms with Crippen molar-refractivity contribution < 1.29 is 17.9 Å². The van der Waals surface area contributed by atoms with Crippen molar-refractivity contribution in [1.82, 2.24) is 10.6 Å². The maximum atomic E-state index is 12.4. The first-order chi connectivity index (χ1) is 11.2. The second kappa shape index (κ2) is 8.77. The van der Waals surface area contributed by atoms with Gasteiger partial charge in [0.2, 0.25) is 0 Å². The van der Waals surface area contributed by atoms with Gasteiger partial charge in [0, 0.05) is 13.6 Å². The summed E-state index contributed by atoms with van der Waals surface area (Å²) in [6.45, 7) is -1.79. The van der Waals surface area contributed by atoms with Crippen LogP contribution in [0.1, 0.15) is 11.3 Å². The Kier molecular flexibility index (Phi) is 6.40. The van der Waals surface area contributed by atoms with E-state index in [1.54, 1.807) is 31.5 Å². The number of halogens is 2. The average Bonchev–Trinajstić information content (AvgIpc) is 3.05. The van der Waals surface area contributed by atoms with Gasteiger partial charge in [0.1, 0.15) is 11.5 Å². The summed E-state index contributed by atoms with van der Waals surface area (Å²) in [5.74, 6) is 1.60. The van der Waals surface area contributed by atoms with Gasteiger partial charge in [-0.2, -0.15) is 8.78 Å². The quantitative estimate of drug-likeness (QED) is 0.608. The summed E-state index contributed by atoms with van der Waals surface area (Å²) in [5, 5.41) is 6.21. The van der Waals surface area contributed by atoms with Crippen LogP contribution in [-0.2, 0) is 13.0 Å². The number of para-hydroxylation sites is 1. The van der Waals surface area contributed by atoms with Crippen molar-refractivity contribution in [2.24, 2.45) is 4.99 Å². The summed E-state index contributed by atoms with van der Waals surface area (Å²) in [4.78, 5) is 4.09. The summed E-state index contributed by atoms with van der Waals surface area (Å²) in [6, 6.07) is 10.4. The molecule has 0 fully saturated rings. The molecule has 2 N–H and O–H groups in total. The molecule has 1 aromatic heterocycles. The van der Waals surface area contributed by atoms with Crippen molar-refractivity contribution in [2.75, 3.05) is 13.6 Å². The number of ether oxygens (including phenoxy) is 1. The molecule has 0 bridgehead atoms. The maximum absolute atomic E-state index is 12.4. The normalized spacial score (nSPS) is 11.6. The summed E-state index contributed by atoms with van der Waals surface area (Å²) in [7, 11) is 1.66. The van der Waals surface area contributed by atoms with Crippen LogP contribution in [0.15, 0.2) is 52.1 Å². The van der Waals surface area contributed by atoms with E-state index in [1.165, 1.54) is 6.07 Å². The van der Waals surface area contributed by atoms with Crippen molar-refractivity contribution >= 4 is 5.96 Å². The first-order valence-electron chi connectivity index (χ1n) is 7.18. The lowest BCUT2D eigenvalue weighted by molar-refractivity contribution is -0.0504. The van der Waals surface area contributed by atoms with Crippen molar-refractivity contribution in [2.45, 2.75) is 19.6 Å². The Hall–Kier alpha value is -2.57. The van der Waals surface area contributed by atoms with Gasteiger partial charge in [-0.15, -0.1) is 0 Å².